The smallest absolute Gasteiger partial charge is 0.389 e. The van der Waals surface area contributed by atoms with E-state index in [-0.39, 0.29) is 0 Å². The molecule has 0 rings (SSSR count). The van der Waals surface area contributed by atoms with Crippen molar-refractivity contribution in [3.05, 3.63) is 0 Å². The van der Waals surface area contributed by atoms with Crippen molar-refractivity contribution in [2.75, 3.05) is 0 Å². The number of ether oxygens (including phenoxy) is 1. The predicted octanol–water partition coefficient (Wildman–Crippen LogP) is 3.52. The molecule has 0 saturated heterocycles. The number of alkyl halides is 12. The van der Waals surface area contributed by atoms with Gasteiger partial charge in [-0.1, -0.05) is 0 Å². The fourth-order valence-corrected chi connectivity index (χ4v) is 0.599. The summed E-state index contributed by atoms with van der Waals surface area (Å²) in [5.41, 5.74) is 0. The van der Waals surface area contributed by atoms with Crippen molar-refractivity contribution >= 4 is 5.97 Å². The van der Waals surface area contributed by atoms with Crippen LogP contribution >= 0.6 is 0 Å². The molecule has 0 aliphatic carbocycles. The van der Waals surface area contributed by atoms with Crippen LogP contribution in [0.4, 0.5) is 52.7 Å². The van der Waals surface area contributed by atoms with Crippen LogP contribution in [0.1, 0.15) is 0 Å². The summed E-state index contributed by atoms with van der Waals surface area (Å²) in [6, 6.07) is 0. The summed E-state index contributed by atoms with van der Waals surface area (Å²) in [4.78, 5) is 9.82. The average molecular weight is 332 g/mol. The quantitative estimate of drug-likeness (QED) is 0.584. The second-order valence-electron chi connectivity index (χ2n) is 3.05. The van der Waals surface area contributed by atoms with Crippen LogP contribution in [0.2, 0.25) is 0 Å². The van der Waals surface area contributed by atoms with Crippen molar-refractivity contribution in [2.45, 2.75) is 30.3 Å². The molecule has 0 aromatic heterocycles. The summed E-state index contributed by atoms with van der Waals surface area (Å²) in [7, 11) is 0. The Hall–Kier alpha value is -1.37. The lowest BCUT2D eigenvalue weighted by molar-refractivity contribution is -0.437. The molecule has 0 aliphatic rings. The van der Waals surface area contributed by atoms with Gasteiger partial charge in [-0.3, -0.25) is 0 Å². The Morgan fingerprint density at radius 3 is 1.25 bits per heavy atom. The fourth-order valence-electron chi connectivity index (χ4n) is 0.599. The Labute approximate surface area is 99.8 Å². The highest BCUT2D eigenvalue weighted by molar-refractivity contribution is 5.75. The number of hydrogen-bond acceptors (Lipinski definition) is 2. The number of hydrogen-bond donors (Lipinski definition) is 0. The molecule has 2 nitrogen and oxygen atoms in total. The standard InChI is InChI=1S/C6F12O2/c7-2(8,9)1(19)20-6(17,18)4(12,13)3(10,11)5(14,15)16. The Bertz CT molecular complexity index is 376. The van der Waals surface area contributed by atoms with Gasteiger partial charge in [0.25, 0.3) is 0 Å². The van der Waals surface area contributed by atoms with Gasteiger partial charge in [0.1, 0.15) is 0 Å². The number of halogens is 12. The molecule has 0 amide bonds. The zero-order valence-corrected chi connectivity index (χ0v) is 8.35. The lowest BCUT2D eigenvalue weighted by Gasteiger charge is -2.32. The monoisotopic (exact) mass is 332 g/mol. The van der Waals surface area contributed by atoms with E-state index in [0.717, 1.165) is 0 Å². The van der Waals surface area contributed by atoms with Gasteiger partial charge >= 0.3 is 36.3 Å². The maximum absolute atomic E-state index is 12.4. The number of rotatable bonds is 3. The van der Waals surface area contributed by atoms with Crippen molar-refractivity contribution in [2.24, 2.45) is 0 Å². The fraction of sp³-hybridized carbons (Fsp3) is 0.833. The van der Waals surface area contributed by atoms with Crippen molar-refractivity contribution < 1.29 is 62.2 Å². The molecule has 0 saturated carbocycles. The first-order chi connectivity index (χ1) is 8.38. The minimum atomic E-state index is -7.46. The summed E-state index contributed by atoms with van der Waals surface area (Å²) in [5, 5.41) is 0. The second kappa shape index (κ2) is 4.58. The molecule has 0 aromatic rings. The molecule has 120 valence electrons. The van der Waals surface area contributed by atoms with Crippen LogP contribution in [0.3, 0.4) is 0 Å². The van der Waals surface area contributed by atoms with Gasteiger partial charge in [0, 0.05) is 0 Å². The molecule has 0 unspecified atom stereocenters. The van der Waals surface area contributed by atoms with Crippen molar-refractivity contribution in [1.29, 1.82) is 0 Å². The molecular formula is C6F12O2. The lowest BCUT2D eigenvalue weighted by atomic mass is 10.1. The Morgan fingerprint density at radius 1 is 0.650 bits per heavy atom. The highest BCUT2D eigenvalue weighted by Crippen LogP contribution is 2.53. The zero-order valence-electron chi connectivity index (χ0n) is 8.35. The minimum Gasteiger partial charge on any atom is -0.389 e. The van der Waals surface area contributed by atoms with Gasteiger partial charge in [-0.15, -0.1) is 0 Å². The largest absolute Gasteiger partial charge is 0.491 e. The average Bonchev–Trinajstić information content (AvgIpc) is 2.12. The van der Waals surface area contributed by atoms with Gasteiger partial charge in [-0.2, -0.15) is 52.7 Å². The molecule has 0 heterocycles. The van der Waals surface area contributed by atoms with Crippen LogP contribution < -0.4 is 0 Å². The van der Waals surface area contributed by atoms with Gasteiger partial charge in [-0.05, 0) is 0 Å². The summed E-state index contributed by atoms with van der Waals surface area (Å²) < 4.78 is 144. The second-order valence-corrected chi connectivity index (χ2v) is 3.05. The highest BCUT2D eigenvalue weighted by Gasteiger charge is 2.84. The van der Waals surface area contributed by atoms with Crippen LogP contribution in [0.15, 0.2) is 0 Å². The molecule has 14 heteroatoms. The molecule has 20 heavy (non-hydrogen) atoms. The molecule has 0 atom stereocenters. The van der Waals surface area contributed by atoms with E-state index in [1.54, 1.807) is 4.74 Å². The molecule has 0 fully saturated rings. The number of carbonyl (C=O) groups excluding carboxylic acids is 1. The Balaban J connectivity index is 5.54. The Kier molecular flexibility index (Phi) is 4.27. The van der Waals surface area contributed by atoms with Gasteiger partial charge < -0.3 is 4.74 Å². The molecule has 0 N–H and O–H groups in total. The molecule has 0 aliphatic heterocycles. The first-order valence-electron chi connectivity index (χ1n) is 3.88. The number of esters is 1. The van der Waals surface area contributed by atoms with E-state index in [1.165, 1.54) is 0 Å². The molecule has 0 radical (unpaired) electrons. The third kappa shape index (κ3) is 3.03. The topological polar surface area (TPSA) is 26.3 Å². The van der Waals surface area contributed by atoms with Crippen LogP contribution in [0.5, 0.6) is 0 Å². The minimum absolute atomic E-state index is 1.72. The molecule has 0 bridgehead atoms. The zero-order chi connectivity index (χ0) is 16.8. The van der Waals surface area contributed by atoms with Crippen molar-refractivity contribution in [3.8, 4) is 0 Å². The Morgan fingerprint density at radius 2 is 1.00 bits per heavy atom. The summed E-state index contributed by atoms with van der Waals surface area (Å²) in [6.45, 7) is 0. The van der Waals surface area contributed by atoms with E-state index < -0.39 is 36.3 Å². The molecular weight excluding hydrogens is 332 g/mol. The predicted molar refractivity (Wildman–Crippen MR) is 33.0 cm³/mol. The summed E-state index contributed by atoms with van der Waals surface area (Å²) in [6.07, 6.45) is -20.6. The van der Waals surface area contributed by atoms with Crippen LogP contribution in [-0.2, 0) is 9.53 Å². The summed E-state index contributed by atoms with van der Waals surface area (Å²) >= 11 is 0. The highest BCUT2D eigenvalue weighted by atomic mass is 19.4. The van der Waals surface area contributed by atoms with Crippen molar-refractivity contribution in [3.63, 3.8) is 0 Å². The van der Waals surface area contributed by atoms with E-state index in [1.807, 2.05) is 0 Å². The van der Waals surface area contributed by atoms with E-state index in [4.69, 9.17) is 0 Å². The first kappa shape index (κ1) is 18.6. The maximum Gasteiger partial charge on any atom is 0.491 e. The van der Waals surface area contributed by atoms with Gasteiger partial charge in [-0.25, -0.2) is 4.79 Å². The molecule has 0 aromatic carbocycles. The maximum atomic E-state index is 12.4. The van der Waals surface area contributed by atoms with E-state index in [0.29, 0.717) is 0 Å². The lowest BCUT2D eigenvalue weighted by Crippen LogP contribution is -2.62. The van der Waals surface area contributed by atoms with Gasteiger partial charge in [0.05, 0.1) is 0 Å². The van der Waals surface area contributed by atoms with Gasteiger partial charge in [0.2, 0.25) is 0 Å². The van der Waals surface area contributed by atoms with Crippen LogP contribution in [0.25, 0.3) is 0 Å². The van der Waals surface area contributed by atoms with E-state index in [9.17, 15) is 57.5 Å². The van der Waals surface area contributed by atoms with Crippen LogP contribution in [0, 0.1) is 0 Å². The van der Waals surface area contributed by atoms with Crippen molar-refractivity contribution in [1.82, 2.24) is 0 Å². The third-order valence-electron chi connectivity index (χ3n) is 1.57. The van der Waals surface area contributed by atoms with Gasteiger partial charge in [0.15, 0.2) is 0 Å². The summed E-state index contributed by atoms with van der Waals surface area (Å²) in [5.74, 6) is -19.0. The van der Waals surface area contributed by atoms with E-state index >= 15 is 0 Å². The normalized spacial score (nSPS) is 15.2. The molecule has 0 spiro atoms. The third-order valence-corrected chi connectivity index (χ3v) is 1.57. The first-order valence-corrected chi connectivity index (χ1v) is 3.88. The number of carbonyl (C=O) groups is 1. The van der Waals surface area contributed by atoms with E-state index in [2.05, 4.69) is 0 Å². The SMILES string of the molecule is O=C(OC(F)(F)C(F)(F)C(F)(F)C(F)(F)F)C(F)(F)F. The van der Waals surface area contributed by atoms with Crippen LogP contribution in [-0.4, -0.2) is 36.3 Å².